The standard InChI is InChI=1S/C28H19F2N5/c29-22-9-5-18(6-10-22)26-16-35-15-21(8-12-27(35)34-26)19-7-11-25-23(13-19)28(33-17-32-25)31-14-20-3-1-2-4-24(20)30/h1-13,15-17H,14H2,(H,31,32,33). The van der Waals surface area contributed by atoms with Gasteiger partial charge in [0.15, 0.2) is 0 Å². The molecule has 0 spiro atoms. The number of hydrogen-bond donors (Lipinski definition) is 1. The summed E-state index contributed by atoms with van der Waals surface area (Å²) >= 11 is 0. The van der Waals surface area contributed by atoms with Gasteiger partial charge in [0.2, 0.25) is 0 Å². The van der Waals surface area contributed by atoms with Gasteiger partial charge in [-0.3, -0.25) is 0 Å². The van der Waals surface area contributed by atoms with Gasteiger partial charge in [-0.1, -0.05) is 24.3 Å². The van der Waals surface area contributed by atoms with Crippen LogP contribution >= 0.6 is 0 Å². The predicted octanol–water partition coefficient (Wildman–Crippen LogP) is 6.50. The van der Waals surface area contributed by atoms with Gasteiger partial charge >= 0.3 is 0 Å². The fourth-order valence-corrected chi connectivity index (χ4v) is 4.12. The second-order valence-corrected chi connectivity index (χ2v) is 8.22. The van der Waals surface area contributed by atoms with Crippen LogP contribution in [0.1, 0.15) is 5.56 Å². The average molecular weight is 463 g/mol. The van der Waals surface area contributed by atoms with Crippen LogP contribution in [0.4, 0.5) is 14.6 Å². The van der Waals surface area contributed by atoms with Gasteiger partial charge in [-0.15, -0.1) is 0 Å². The van der Waals surface area contributed by atoms with Crippen LogP contribution in [0.25, 0.3) is 38.9 Å². The third-order valence-corrected chi connectivity index (χ3v) is 5.96. The molecule has 35 heavy (non-hydrogen) atoms. The van der Waals surface area contributed by atoms with Gasteiger partial charge < -0.3 is 9.72 Å². The van der Waals surface area contributed by atoms with Crippen LogP contribution in [0.5, 0.6) is 0 Å². The van der Waals surface area contributed by atoms with E-state index in [1.807, 2.05) is 53.2 Å². The lowest BCUT2D eigenvalue weighted by Crippen LogP contribution is -2.04. The Labute approximate surface area is 199 Å². The summed E-state index contributed by atoms with van der Waals surface area (Å²) in [6, 6.07) is 22.9. The summed E-state index contributed by atoms with van der Waals surface area (Å²) in [6.07, 6.45) is 5.44. The molecule has 0 radical (unpaired) electrons. The fraction of sp³-hybridized carbons (Fsp3) is 0.0357. The van der Waals surface area contributed by atoms with E-state index in [1.54, 1.807) is 24.3 Å². The van der Waals surface area contributed by atoms with Crippen molar-refractivity contribution in [1.82, 2.24) is 19.4 Å². The average Bonchev–Trinajstić information content (AvgIpc) is 3.32. The first-order valence-corrected chi connectivity index (χ1v) is 11.1. The largest absolute Gasteiger partial charge is 0.365 e. The highest BCUT2D eigenvalue weighted by Gasteiger charge is 2.10. The maximum atomic E-state index is 14.1. The van der Waals surface area contributed by atoms with Crippen molar-refractivity contribution in [3.8, 4) is 22.4 Å². The molecule has 0 bridgehead atoms. The highest BCUT2D eigenvalue weighted by molar-refractivity contribution is 5.92. The molecule has 3 aromatic carbocycles. The van der Waals surface area contributed by atoms with Crippen LogP contribution in [0, 0.1) is 11.6 Å². The molecule has 0 amide bonds. The summed E-state index contributed by atoms with van der Waals surface area (Å²) in [5, 5.41) is 4.09. The number of benzene rings is 3. The van der Waals surface area contributed by atoms with E-state index in [0.29, 0.717) is 17.9 Å². The third-order valence-electron chi connectivity index (χ3n) is 5.96. The van der Waals surface area contributed by atoms with E-state index in [9.17, 15) is 8.78 Å². The van der Waals surface area contributed by atoms with E-state index < -0.39 is 0 Å². The Bertz CT molecular complexity index is 1680. The minimum atomic E-state index is -0.275. The van der Waals surface area contributed by atoms with Gasteiger partial charge in [0, 0.05) is 35.5 Å². The Morgan fingerprint density at radius 1 is 0.771 bits per heavy atom. The SMILES string of the molecule is Fc1ccc(-c2cn3cc(-c4ccc5ncnc(NCc6ccccc6F)c5c4)ccc3n2)cc1. The van der Waals surface area contributed by atoms with Crippen LogP contribution < -0.4 is 5.32 Å². The lowest BCUT2D eigenvalue weighted by Gasteiger charge is -2.10. The van der Waals surface area contributed by atoms with Crippen molar-refractivity contribution in [2.45, 2.75) is 6.54 Å². The second-order valence-electron chi connectivity index (χ2n) is 8.22. The normalized spacial score (nSPS) is 11.3. The molecule has 0 saturated heterocycles. The van der Waals surface area contributed by atoms with Gasteiger partial charge in [-0.2, -0.15) is 0 Å². The van der Waals surface area contributed by atoms with Gasteiger partial charge in [-0.25, -0.2) is 23.7 Å². The first kappa shape index (κ1) is 20.9. The van der Waals surface area contributed by atoms with E-state index >= 15 is 0 Å². The first-order chi connectivity index (χ1) is 17.1. The zero-order valence-corrected chi connectivity index (χ0v) is 18.5. The summed E-state index contributed by atoms with van der Waals surface area (Å²) in [6.45, 7) is 0.316. The topological polar surface area (TPSA) is 55.1 Å². The zero-order chi connectivity index (χ0) is 23.8. The van der Waals surface area contributed by atoms with Crippen molar-refractivity contribution in [2.75, 3.05) is 5.32 Å². The predicted molar refractivity (Wildman–Crippen MR) is 133 cm³/mol. The number of halogens is 2. The van der Waals surface area contributed by atoms with E-state index in [-0.39, 0.29) is 11.6 Å². The Balaban J connectivity index is 1.34. The molecular weight excluding hydrogens is 444 g/mol. The number of rotatable bonds is 5. The number of nitrogens with zero attached hydrogens (tertiary/aromatic N) is 4. The molecule has 6 aromatic rings. The van der Waals surface area contributed by atoms with Gasteiger partial charge in [0.1, 0.15) is 29.4 Å². The van der Waals surface area contributed by atoms with Crippen molar-refractivity contribution >= 4 is 22.4 Å². The number of hydrogen-bond acceptors (Lipinski definition) is 4. The quantitative estimate of drug-likeness (QED) is 0.317. The summed E-state index contributed by atoms with van der Waals surface area (Å²) < 4.78 is 29.3. The molecule has 6 rings (SSSR count). The molecule has 3 aromatic heterocycles. The Morgan fingerprint density at radius 3 is 2.43 bits per heavy atom. The van der Waals surface area contributed by atoms with Crippen molar-refractivity contribution in [1.29, 1.82) is 0 Å². The highest BCUT2D eigenvalue weighted by atomic mass is 19.1. The Hall–Kier alpha value is -4.65. The zero-order valence-electron chi connectivity index (χ0n) is 18.5. The molecule has 0 aliphatic heterocycles. The first-order valence-electron chi connectivity index (χ1n) is 11.1. The molecule has 0 saturated carbocycles. The minimum Gasteiger partial charge on any atom is -0.365 e. The van der Waals surface area contributed by atoms with Crippen LogP contribution in [0.3, 0.4) is 0 Å². The lowest BCUT2D eigenvalue weighted by molar-refractivity contribution is 0.613. The molecule has 7 heteroatoms. The minimum absolute atomic E-state index is 0.257. The van der Waals surface area contributed by atoms with Gasteiger partial charge in [-0.05, 0) is 65.7 Å². The van der Waals surface area contributed by atoms with Crippen LogP contribution in [0.15, 0.2) is 97.6 Å². The van der Waals surface area contributed by atoms with E-state index in [0.717, 1.165) is 38.9 Å². The van der Waals surface area contributed by atoms with E-state index in [4.69, 9.17) is 0 Å². The number of fused-ring (bicyclic) bond motifs is 2. The van der Waals surface area contributed by atoms with Crippen LogP contribution in [-0.2, 0) is 6.54 Å². The summed E-state index contributed by atoms with van der Waals surface area (Å²) in [5.74, 6) is 0.109. The third kappa shape index (κ3) is 4.08. The molecular formula is C28H19F2N5. The molecule has 3 heterocycles. The van der Waals surface area contributed by atoms with Gasteiger partial charge in [0.25, 0.3) is 0 Å². The van der Waals surface area contributed by atoms with Crippen LogP contribution in [0.2, 0.25) is 0 Å². The molecule has 0 atom stereocenters. The number of pyridine rings is 1. The molecule has 0 aliphatic carbocycles. The molecule has 0 unspecified atom stereocenters. The van der Waals surface area contributed by atoms with Crippen molar-refractivity contribution in [2.24, 2.45) is 0 Å². The monoisotopic (exact) mass is 463 g/mol. The number of aromatic nitrogens is 4. The smallest absolute Gasteiger partial charge is 0.137 e. The van der Waals surface area contributed by atoms with E-state index in [1.165, 1.54) is 24.5 Å². The molecule has 0 aliphatic rings. The highest BCUT2D eigenvalue weighted by Crippen LogP contribution is 2.28. The van der Waals surface area contributed by atoms with Crippen molar-refractivity contribution in [3.05, 3.63) is 115 Å². The van der Waals surface area contributed by atoms with Crippen LogP contribution in [-0.4, -0.2) is 19.4 Å². The number of nitrogens with one attached hydrogen (secondary N) is 1. The molecule has 5 nitrogen and oxygen atoms in total. The molecule has 1 N–H and O–H groups in total. The fourth-order valence-electron chi connectivity index (χ4n) is 4.12. The maximum absolute atomic E-state index is 14.1. The number of anilines is 1. The Kier molecular flexibility index (Phi) is 5.15. The molecule has 170 valence electrons. The second kappa shape index (κ2) is 8.61. The van der Waals surface area contributed by atoms with Crippen molar-refractivity contribution in [3.63, 3.8) is 0 Å². The van der Waals surface area contributed by atoms with Gasteiger partial charge in [0.05, 0.1) is 11.2 Å². The summed E-state index contributed by atoms with van der Waals surface area (Å²) in [7, 11) is 0. The Morgan fingerprint density at radius 2 is 1.57 bits per heavy atom. The number of imidazole rings is 1. The summed E-state index contributed by atoms with van der Waals surface area (Å²) in [4.78, 5) is 13.4. The van der Waals surface area contributed by atoms with E-state index in [2.05, 4.69) is 20.3 Å². The van der Waals surface area contributed by atoms with Crippen molar-refractivity contribution < 1.29 is 8.78 Å². The lowest BCUT2D eigenvalue weighted by atomic mass is 10.0. The maximum Gasteiger partial charge on any atom is 0.137 e. The molecule has 0 fully saturated rings. The summed E-state index contributed by atoms with van der Waals surface area (Å²) in [5.41, 5.74) is 5.76.